The normalized spacial score (nSPS) is 12.4. The highest BCUT2D eigenvalue weighted by molar-refractivity contribution is 7.78. The Balaban J connectivity index is 2.81. The molecular formula is C6H6N2O4S. The molecule has 1 N–H and O–H groups in total. The molecule has 1 aromatic rings. The molecule has 1 aromatic heterocycles. The average molecular weight is 202 g/mol. The summed E-state index contributed by atoms with van der Waals surface area (Å²) in [5.41, 5.74) is 0.492. The number of hydrogen-bond donors (Lipinski definition) is 1. The van der Waals surface area contributed by atoms with Crippen LogP contribution in [0, 0.1) is 10.1 Å². The van der Waals surface area contributed by atoms with Crippen LogP contribution in [0.5, 0.6) is 0 Å². The molecule has 1 unspecified atom stereocenters. The molecule has 0 aromatic carbocycles. The maximum atomic E-state index is 10.3. The molecule has 1 rings (SSSR count). The van der Waals surface area contributed by atoms with Crippen molar-refractivity contribution in [1.82, 2.24) is 4.98 Å². The van der Waals surface area contributed by atoms with E-state index in [0.29, 0.717) is 5.56 Å². The second-order valence-electron chi connectivity index (χ2n) is 2.25. The van der Waals surface area contributed by atoms with Crippen molar-refractivity contribution in [2.45, 2.75) is 5.75 Å². The van der Waals surface area contributed by atoms with E-state index in [-0.39, 0.29) is 11.6 Å². The first-order chi connectivity index (χ1) is 6.09. The fourth-order valence-corrected chi connectivity index (χ4v) is 1.21. The zero-order valence-electron chi connectivity index (χ0n) is 6.41. The highest BCUT2D eigenvalue weighted by Crippen LogP contribution is 2.08. The first-order valence-corrected chi connectivity index (χ1v) is 4.54. The molecule has 0 aliphatic rings. The van der Waals surface area contributed by atoms with Crippen LogP contribution in [0.4, 0.5) is 5.82 Å². The van der Waals surface area contributed by atoms with Gasteiger partial charge in [0.1, 0.15) is 6.20 Å². The van der Waals surface area contributed by atoms with Gasteiger partial charge in [-0.3, -0.25) is 0 Å². The number of rotatable bonds is 3. The third-order valence-electron chi connectivity index (χ3n) is 1.29. The summed E-state index contributed by atoms with van der Waals surface area (Å²) in [5, 5.41) is 10.2. The van der Waals surface area contributed by atoms with Crippen LogP contribution in [0.25, 0.3) is 0 Å². The highest BCUT2D eigenvalue weighted by atomic mass is 32.2. The van der Waals surface area contributed by atoms with Crippen molar-refractivity contribution in [3.63, 3.8) is 0 Å². The summed E-state index contributed by atoms with van der Waals surface area (Å²) in [6.45, 7) is 0. The van der Waals surface area contributed by atoms with Crippen LogP contribution in [0.15, 0.2) is 18.3 Å². The molecule has 0 bridgehead atoms. The van der Waals surface area contributed by atoms with Gasteiger partial charge < -0.3 is 14.7 Å². The molecule has 1 heterocycles. The molecule has 70 valence electrons. The van der Waals surface area contributed by atoms with E-state index in [1.807, 2.05) is 0 Å². The molecule has 0 aliphatic carbocycles. The van der Waals surface area contributed by atoms with E-state index < -0.39 is 16.0 Å². The molecular weight excluding hydrogens is 196 g/mol. The van der Waals surface area contributed by atoms with Crippen LogP contribution in [0.2, 0.25) is 0 Å². The SMILES string of the molecule is O=[N+]([O-])c1ccc(CS(=O)O)cn1. The van der Waals surface area contributed by atoms with E-state index >= 15 is 0 Å². The Morgan fingerprint density at radius 2 is 2.31 bits per heavy atom. The van der Waals surface area contributed by atoms with Crippen LogP contribution < -0.4 is 0 Å². The fourth-order valence-electron chi connectivity index (χ4n) is 0.753. The van der Waals surface area contributed by atoms with Gasteiger partial charge in [0.2, 0.25) is 0 Å². The third kappa shape index (κ3) is 2.88. The number of nitrogens with zero attached hydrogens (tertiary/aromatic N) is 2. The van der Waals surface area contributed by atoms with E-state index in [2.05, 4.69) is 4.98 Å². The van der Waals surface area contributed by atoms with E-state index in [1.54, 1.807) is 0 Å². The van der Waals surface area contributed by atoms with Gasteiger partial charge >= 0.3 is 5.82 Å². The molecule has 0 saturated heterocycles. The Bertz CT molecular complexity index is 337. The Morgan fingerprint density at radius 1 is 1.62 bits per heavy atom. The summed E-state index contributed by atoms with van der Waals surface area (Å²) in [6, 6.07) is 2.60. The smallest absolute Gasteiger partial charge is 0.358 e. The largest absolute Gasteiger partial charge is 0.363 e. The maximum Gasteiger partial charge on any atom is 0.363 e. The molecule has 13 heavy (non-hydrogen) atoms. The molecule has 6 nitrogen and oxygen atoms in total. The van der Waals surface area contributed by atoms with Crippen molar-refractivity contribution in [3.05, 3.63) is 34.0 Å². The van der Waals surface area contributed by atoms with Gasteiger partial charge in [-0.15, -0.1) is 0 Å². The van der Waals surface area contributed by atoms with Gasteiger partial charge in [0.15, 0.2) is 11.1 Å². The maximum absolute atomic E-state index is 10.3. The monoisotopic (exact) mass is 202 g/mol. The van der Waals surface area contributed by atoms with E-state index in [1.165, 1.54) is 18.3 Å². The van der Waals surface area contributed by atoms with Crippen LogP contribution in [0.1, 0.15) is 5.56 Å². The number of nitro groups is 1. The lowest BCUT2D eigenvalue weighted by molar-refractivity contribution is -0.389. The van der Waals surface area contributed by atoms with Gasteiger partial charge in [0, 0.05) is 11.6 Å². The van der Waals surface area contributed by atoms with Crippen molar-refractivity contribution in [2.75, 3.05) is 0 Å². The summed E-state index contributed by atoms with van der Waals surface area (Å²) in [7, 11) is 0. The predicted octanol–water partition coefficient (Wildman–Crippen LogP) is 0.712. The average Bonchev–Trinajstić information content (AvgIpc) is 2.04. The second kappa shape index (κ2) is 4.06. The summed E-state index contributed by atoms with van der Waals surface area (Å²) in [5.74, 6) is -0.335. The Hall–Kier alpha value is -1.34. The van der Waals surface area contributed by atoms with Gasteiger partial charge in [-0.1, -0.05) is 0 Å². The van der Waals surface area contributed by atoms with Crippen molar-refractivity contribution >= 4 is 16.9 Å². The lowest BCUT2D eigenvalue weighted by Crippen LogP contribution is -1.96. The Kier molecular flexibility index (Phi) is 3.04. The quantitative estimate of drug-likeness (QED) is 0.442. The first-order valence-electron chi connectivity index (χ1n) is 3.26. The van der Waals surface area contributed by atoms with Crippen LogP contribution in [-0.2, 0) is 16.8 Å². The van der Waals surface area contributed by atoms with Crippen LogP contribution >= 0.6 is 0 Å². The molecule has 0 fully saturated rings. The summed E-state index contributed by atoms with van der Waals surface area (Å²) in [6.07, 6.45) is 1.21. The van der Waals surface area contributed by atoms with Gasteiger partial charge in [0.25, 0.3) is 0 Å². The van der Waals surface area contributed by atoms with E-state index in [4.69, 9.17) is 4.55 Å². The van der Waals surface area contributed by atoms with Gasteiger partial charge in [-0.05, 0) is 16.0 Å². The van der Waals surface area contributed by atoms with Gasteiger partial charge in [-0.2, -0.15) is 0 Å². The second-order valence-corrected chi connectivity index (χ2v) is 3.18. The molecule has 1 atom stereocenters. The highest BCUT2D eigenvalue weighted by Gasteiger charge is 2.07. The number of pyridine rings is 1. The molecule has 0 saturated carbocycles. The van der Waals surface area contributed by atoms with Crippen LogP contribution in [0.3, 0.4) is 0 Å². The number of hydrogen-bond acceptors (Lipinski definition) is 4. The molecule has 0 radical (unpaired) electrons. The van der Waals surface area contributed by atoms with Crippen LogP contribution in [-0.4, -0.2) is 18.7 Å². The lowest BCUT2D eigenvalue weighted by atomic mass is 10.3. The summed E-state index contributed by atoms with van der Waals surface area (Å²) < 4.78 is 18.8. The molecule has 0 amide bonds. The van der Waals surface area contributed by atoms with E-state index in [0.717, 1.165) is 0 Å². The fraction of sp³-hybridized carbons (Fsp3) is 0.167. The number of aromatic nitrogens is 1. The topological polar surface area (TPSA) is 93.3 Å². The first kappa shape index (κ1) is 9.75. The minimum absolute atomic E-state index is 0.0645. The lowest BCUT2D eigenvalue weighted by Gasteiger charge is -1.94. The molecule has 0 aliphatic heterocycles. The van der Waals surface area contributed by atoms with Crippen molar-refractivity contribution in [2.24, 2.45) is 0 Å². The van der Waals surface area contributed by atoms with Crippen molar-refractivity contribution < 1.29 is 13.7 Å². The zero-order valence-corrected chi connectivity index (χ0v) is 7.23. The third-order valence-corrected chi connectivity index (χ3v) is 1.87. The minimum atomic E-state index is -1.94. The zero-order chi connectivity index (χ0) is 9.84. The standard InChI is InChI=1S/C6H6N2O4S/c9-8(10)6-2-1-5(3-7-6)4-13(11)12/h1-3H,4H2,(H,11,12). The van der Waals surface area contributed by atoms with E-state index in [9.17, 15) is 14.3 Å². The Labute approximate surface area is 76.0 Å². The van der Waals surface area contributed by atoms with Crippen molar-refractivity contribution in [3.8, 4) is 0 Å². The van der Waals surface area contributed by atoms with Gasteiger partial charge in [-0.25, -0.2) is 4.21 Å². The van der Waals surface area contributed by atoms with Crippen molar-refractivity contribution in [1.29, 1.82) is 0 Å². The minimum Gasteiger partial charge on any atom is -0.358 e. The van der Waals surface area contributed by atoms with Gasteiger partial charge in [0.05, 0.1) is 5.75 Å². The Morgan fingerprint density at radius 3 is 2.69 bits per heavy atom. The molecule has 0 spiro atoms. The summed E-state index contributed by atoms with van der Waals surface area (Å²) in [4.78, 5) is 13.0. The predicted molar refractivity (Wildman–Crippen MR) is 45.4 cm³/mol. The molecule has 7 heteroatoms. The summed E-state index contributed by atoms with van der Waals surface area (Å²) >= 11 is -1.94.